The van der Waals surface area contributed by atoms with Crippen LogP contribution in [0.4, 0.5) is 0 Å². The van der Waals surface area contributed by atoms with E-state index in [-0.39, 0.29) is 11.4 Å². The Hall–Kier alpha value is -1.71. The van der Waals surface area contributed by atoms with Crippen LogP contribution in [0.15, 0.2) is 24.3 Å². The first-order chi connectivity index (χ1) is 12.1. The molecule has 4 aliphatic carbocycles. The van der Waals surface area contributed by atoms with Gasteiger partial charge < -0.3 is 14.8 Å². The Morgan fingerprint density at radius 2 is 1.60 bits per heavy atom. The van der Waals surface area contributed by atoms with E-state index in [2.05, 4.69) is 5.32 Å². The molecule has 4 nitrogen and oxygen atoms in total. The van der Waals surface area contributed by atoms with Gasteiger partial charge in [0.1, 0.15) is 11.5 Å². The highest BCUT2D eigenvalue weighted by molar-refractivity contribution is 5.82. The number of carbonyl (C=O) groups excluding carboxylic acids is 1. The minimum atomic E-state index is -0.429. The highest BCUT2D eigenvalue weighted by Crippen LogP contribution is 2.55. The molecule has 1 N–H and O–H groups in total. The predicted octanol–water partition coefficient (Wildman–Crippen LogP) is 3.94. The molecule has 4 saturated carbocycles. The van der Waals surface area contributed by atoms with E-state index in [4.69, 9.17) is 9.47 Å². The van der Waals surface area contributed by atoms with Crippen LogP contribution in [0.2, 0.25) is 0 Å². The molecule has 0 saturated heterocycles. The van der Waals surface area contributed by atoms with Crippen LogP contribution in [0.3, 0.4) is 0 Å². The molecule has 0 aliphatic heterocycles. The normalized spacial score (nSPS) is 33.8. The number of methoxy groups -OCH3 is 1. The average molecular weight is 343 g/mol. The van der Waals surface area contributed by atoms with Crippen molar-refractivity contribution in [3.63, 3.8) is 0 Å². The molecule has 4 fully saturated rings. The van der Waals surface area contributed by atoms with Gasteiger partial charge in [0.25, 0.3) is 5.91 Å². The zero-order valence-corrected chi connectivity index (χ0v) is 15.3. The quantitative estimate of drug-likeness (QED) is 0.851. The number of rotatable bonds is 6. The van der Waals surface area contributed by atoms with Crippen molar-refractivity contribution in [1.29, 1.82) is 0 Å². The van der Waals surface area contributed by atoms with Crippen LogP contribution in [0.1, 0.15) is 51.9 Å². The fraction of sp³-hybridized carbons (Fsp3) is 0.667. The molecule has 1 amide bonds. The molecular weight excluding hydrogens is 314 g/mol. The smallest absolute Gasteiger partial charge is 0.261 e. The monoisotopic (exact) mass is 343 g/mol. The number of hydrogen-bond donors (Lipinski definition) is 1. The van der Waals surface area contributed by atoms with E-state index in [9.17, 15) is 4.79 Å². The molecule has 4 heteroatoms. The minimum Gasteiger partial charge on any atom is -0.497 e. The third-order valence-corrected chi connectivity index (χ3v) is 6.43. The number of amides is 1. The van der Waals surface area contributed by atoms with Gasteiger partial charge in [-0.15, -0.1) is 0 Å². The van der Waals surface area contributed by atoms with Crippen LogP contribution < -0.4 is 14.8 Å². The summed E-state index contributed by atoms with van der Waals surface area (Å²) < 4.78 is 11.1. The maximum absolute atomic E-state index is 12.9. The van der Waals surface area contributed by atoms with Crippen LogP contribution in [0.25, 0.3) is 0 Å². The third-order valence-electron chi connectivity index (χ3n) is 6.43. The first-order valence-corrected chi connectivity index (χ1v) is 9.72. The van der Waals surface area contributed by atoms with Crippen molar-refractivity contribution < 1.29 is 14.3 Å². The molecule has 1 aromatic rings. The van der Waals surface area contributed by atoms with Gasteiger partial charge >= 0.3 is 0 Å². The van der Waals surface area contributed by atoms with E-state index < -0.39 is 6.10 Å². The number of hydrogen-bond acceptors (Lipinski definition) is 3. The largest absolute Gasteiger partial charge is 0.497 e. The molecule has 0 heterocycles. The van der Waals surface area contributed by atoms with Crippen molar-refractivity contribution in [3.05, 3.63) is 24.3 Å². The van der Waals surface area contributed by atoms with Gasteiger partial charge in [-0.1, -0.05) is 6.92 Å². The summed E-state index contributed by atoms with van der Waals surface area (Å²) in [6, 6.07) is 7.44. The topological polar surface area (TPSA) is 47.6 Å². The van der Waals surface area contributed by atoms with E-state index in [1.54, 1.807) is 7.11 Å². The highest BCUT2D eigenvalue weighted by atomic mass is 16.5. The van der Waals surface area contributed by atoms with Gasteiger partial charge in [0.2, 0.25) is 0 Å². The Morgan fingerprint density at radius 1 is 1.08 bits per heavy atom. The number of ether oxygens (including phenoxy) is 2. The second-order valence-corrected chi connectivity index (χ2v) is 8.38. The van der Waals surface area contributed by atoms with Gasteiger partial charge in [0.15, 0.2) is 6.10 Å². The van der Waals surface area contributed by atoms with E-state index in [1.165, 1.54) is 38.5 Å². The molecule has 5 rings (SSSR count). The van der Waals surface area contributed by atoms with Crippen LogP contribution in [0, 0.1) is 17.8 Å². The Morgan fingerprint density at radius 3 is 2.08 bits per heavy atom. The SMILES string of the molecule is CC[C@H](Oc1ccc(OC)cc1)C(=O)NC12CC3CC(CC(C3)C1)C2. The van der Waals surface area contributed by atoms with Gasteiger partial charge in [-0.3, -0.25) is 4.79 Å². The van der Waals surface area contributed by atoms with E-state index >= 15 is 0 Å². The second kappa shape index (κ2) is 6.54. The molecule has 4 bridgehead atoms. The molecule has 25 heavy (non-hydrogen) atoms. The maximum Gasteiger partial charge on any atom is 0.261 e. The molecule has 4 aliphatic rings. The summed E-state index contributed by atoms with van der Waals surface area (Å²) in [6.45, 7) is 2.01. The van der Waals surface area contributed by atoms with Crippen molar-refractivity contribution in [2.75, 3.05) is 7.11 Å². The summed E-state index contributed by atoms with van der Waals surface area (Å²) in [5.74, 6) is 4.05. The number of carbonyl (C=O) groups is 1. The maximum atomic E-state index is 12.9. The lowest BCUT2D eigenvalue weighted by Gasteiger charge is -2.57. The molecule has 0 spiro atoms. The second-order valence-electron chi connectivity index (χ2n) is 8.38. The Bertz CT molecular complexity index is 589. The van der Waals surface area contributed by atoms with Crippen LogP contribution in [0.5, 0.6) is 11.5 Å². The Kier molecular flexibility index (Phi) is 4.38. The fourth-order valence-electron chi connectivity index (χ4n) is 5.75. The summed E-state index contributed by atoms with van der Waals surface area (Å²) in [6.07, 6.45) is 7.90. The van der Waals surface area contributed by atoms with Gasteiger partial charge in [-0.2, -0.15) is 0 Å². The van der Waals surface area contributed by atoms with Crippen molar-refractivity contribution in [2.24, 2.45) is 17.8 Å². The standard InChI is InChI=1S/C21H29NO3/c1-3-19(25-18-6-4-17(24-2)5-7-18)20(23)22-21-11-14-8-15(12-21)10-16(9-14)13-21/h4-7,14-16,19H,3,8-13H2,1-2H3,(H,22,23)/t14?,15?,16?,19-,21?/m0/s1. The zero-order valence-electron chi connectivity index (χ0n) is 15.3. The lowest BCUT2D eigenvalue weighted by Crippen LogP contribution is -2.61. The third kappa shape index (κ3) is 3.36. The Balaban J connectivity index is 1.42. The molecular formula is C21H29NO3. The average Bonchev–Trinajstić information content (AvgIpc) is 2.58. The lowest BCUT2D eigenvalue weighted by atomic mass is 9.53. The summed E-state index contributed by atoms with van der Waals surface area (Å²) in [4.78, 5) is 12.9. The first-order valence-electron chi connectivity index (χ1n) is 9.72. The molecule has 0 radical (unpaired) electrons. The van der Waals surface area contributed by atoms with Crippen LogP contribution >= 0.6 is 0 Å². The lowest BCUT2D eigenvalue weighted by molar-refractivity contribution is -0.134. The zero-order chi connectivity index (χ0) is 17.4. The highest BCUT2D eigenvalue weighted by Gasteiger charge is 2.51. The van der Waals surface area contributed by atoms with E-state index in [0.717, 1.165) is 23.5 Å². The summed E-state index contributed by atoms with van der Waals surface area (Å²) in [5.41, 5.74) is 0.0442. The molecule has 1 aromatic carbocycles. The van der Waals surface area contributed by atoms with Crippen molar-refractivity contribution >= 4 is 5.91 Å². The van der Waals surface area contributed by atoms with Gasteiger partial charge in [0, 0.05) is 5.54 Å². The van der Waals surface area contributed by atoms with Gasteiger partial charge in [-0.25, -0.2) is 0 Å². The van der Waals surface area contributed by atoms with E-state index in [1.807, 2.05) is 31.2 Å². The minimum absolute atomic E-state index is 0.0442. The van der Waals surface area contributed by atoms with Crippen LogP contribution in [-0.2, 0) is 4.79 Å². The summed E-state index contributed by atoms with van der Waals surface area (Å²) in [7, 11) is 1.64. The number of nitrogens with one attached hydrogen (secondary N) is 1. The van der Waals surface area contributed by atoms with Crippen molar-refractivity contribution in [3.8, 4) is 11.5 Å². The molecule has 0 unspecified atom stereocenters. The van der Waals surface area contributed by atoms with E-state index in [0.29, 0.717) is 12.2 Å². The molecule has 1 atom stereocenters. The predicted molar refractivity (Wildman–Crippen MR) is 96.7 cm³/mol. The Labute approximate surface area is 150 Å². The van der Waals surface area contributed by atoms with Crippen molar-refractivity contribution in [2.45, 2.75) is 63.5 Å². The van der Waals surface area contributed by atoms with Crippen molar-refractivity contribution in [1.82, 2.24) is 5.32 Å². The molecule has 136 valence electrons. The fourth-order valence-corrected chi connectivity index (χ4v) is 5.75. The summed E-state index contributed by atoms with van der Waals surface area (Å²) in [5, 5.41) is 3.43. The molecule has 0 aromatic heterocycles. The van der Waals surface area contributed by atoms with Crippen LogP contribution in [-0.4, -0.2) is 24.7 Å². The summed E-state index contributed by atoms with van der Waals surface area (Å²) >= 11 is 0. The van der Waals surface area contributed by atoms with Gasteiger partial charge in [0.05, 0.1) is 7.11 Å². The number of benzene rings is 1. The first kappa shape index (κ1) is 16.7. The van der Waals surface area contributed by atoms with Gasteiger partial charge in [-0.05, 0) is 87.0 Å².